The van der Waals surface area contributed by atoms with Crippen molar-refractivity contribution in [1.29, 1.82) is 0 Å². The number of amides is 1. The number of nitrogens with zero attached hydrogens (tertiary/aromatic N) is 4. The first-order valence-corrected chi connectivity index (χ1v) is 15.2. The largest absolute Gasteiger partial charge is 0.331 e. The van der Waals surface area contributed by atoms with Crippen LogP contribution in [0.4, 0.5) is 0 Å². The molecule has 0 spiro atoms. The van der Waals surface area contributed by atoms with E-state index in [0.29, 0.717) is 23.7 Å². The molecule has 0 bridgehead atoms. The summed E-state index contributed by atoms with van der Waals surface area (Å²) in [5.74, 6) is -0.251. The molecular weight excluding hydrogens is 520 g/mol. The van der Waals surface area contributed by atoms with Crippen LogP contribution in [0.5, 0.6) is 0 Å². The lowest BCUT2D eigenvalue weighted by Gasteiger charge is -2.29. The number of hydrogen-bond acceptors (Lipinski definition) is 5. The van der Waals surface area contributed by atoms with E-state index in [1.165, 1.54) is 0 Å². The van der Waals surface area contributed by atoms with Crippen LogP contribution in [0.2, 0.25) is 5.02 Å². The van der Waals surface area contributed by atoms with Crippen LogP contribution in [-0.4, -0.2) is 60.9 Å². The number of hydrogen-bond donors (Lipinski definition) is 0. The zero-order valence-electron chi connectivity index (χ0n) is 22.4. The molecule has 4 rings (SSSR count). The van der Waals surface area contributed by atoms with E-state index in [1.807, 2.05) is 54.8 Å². The van der Waals surface area contributed by atoms with Crippen molar-refractivity contribution in [3.8, 4) is 0 Å². The predicted molar refractivity (Wildman–Crippen MR) is 151 cm³/mol. The number of rotatable bonds is 10. The van der Waals surface area contributed by atoms with Gasteiger partial charge in [-0.25, -0.2) is 13.4 Å². The predicted octanol–water partition coefficient (Wildman–Crippen LogP) is 5.53. The normalized spacial score (nSPS) is 14.7. The van der Waals surface area contributed by atoms with Gasteiger partial charge in [-0.1, -0.05) is 66.8 Å². The Morgan fingerprint density at radius 2 is 1.79 bits per heavy atom. The maximum Gasteiger partial charge on any atom is 0.254 e. The summed E-state index contributed by atoms with van der Waals surface area (Å²) in [6.45, 7) is 3.38. The zero-order chi connectivity index (χ0) is 27.3. The van der Waals surface area contributed by atoms with Crippen LogP contribution in [-0.2, 0) is 22.1 Å². The first-order chi connectivity index (χ1) is 18.1. The van der Waals surface area contributed by atoms with Gasteiger partial charge in [-0.05, 0) is 57.6 Å². The quantitative estimate of drug-likeness (QED) is 0.328. The fourth-order valence-corrected chi connectivity index (χ4v) is 6.83. The Balaban J connectivity index is 1.71. The Bertz CT molecular complexity index is 1360. The van der Waals surface area contributed by atoms with Gasteiger partial charge in [0.2, 0.25) is 15.0 Å². The molecule has 0 radical (unpaired) electrons. The number of halogens is 1. The first-order valence-electron chi connectivity index (χ1n) is 13.2. The second-order valence-corrected chi connectivity index (χ2v) is 12.8. The molecule has 204 valence electrons. The number of benzene rings is 2. The van der Waals surface area contributed by atoms with Crippen LogP contribution in [0.15, 0.2) is 59.9 Å². The summed E-state index contributed by atoms with van der Waals surface area (Å²) < 4.78 is 29.3. The average molecular weight is 557 g/mol. The maximum absolute atomic E-state index is 13.7. The van der Waals surface area contributed by atoms with Gasteiger partial charge in [0.1, 0.15) is 0 Å². The Labute approximate surface area is 231 Å². The Morgan fingerprint density at radius 3 is 2.47 bits per heavy atom. The standard InChI is InChI=1S/C29H37ClN4O3S/c1-22-9-7-10-23(17-22)21-38(36,37)29-31-19-27(34(29)26-13-5-4-6-14-26)20-33(16-15-32(2)3)28(35)24-11-8-12-25(30)18-24/h7-12,17-19,26H,4-6,13-16,20-21H2,1-3H3. The van der Waals surface area contributed by atoms with Gasteiger partial charge < -0.3 is 14.4 Å². The molecule has 3 aromatic rings. The van der Waals surface area contributed by atoms with E-state index in [0.717, 1.165) is 48.9 Å². The second-order valence-electron chi connectivity index (χ2n) is 10.5. The maximum atomic E-state index is 13.7. The summed E-state index contributed by atoms with van der Waals surface area (Å²) in [6.07, 6.45) is 6.68. The van der Waals surface area contributed by atoms with Gasteiger partial charge in [-0.3, -0.25) is 4.79 Å². The summed E-state index contributed by atoms with van der Waals surface area (Å²) >= 11 is 6.18. The van der Waals surface area contributed by atoms with Gasteiger partial charge in [0.05, 0.1) is 24.2 Å². The van der Waals surface area contributed by atoms with Crippen molar-refractivity contribution in [3.63, 3.8) is 0 Å². The van der Waals surface area contributed by atoms with E-state index in [2.05, 4.69) is 4.98 Å². The highest BCUT2D eigenvalue weighted by atomic mass is 35.5. The van der Waals surface area contributed by atoms with Crippen LogP contribution < -0.4 is 0 Å². The average Bonchev–Trinajstić information content (AvgIpc) is 3.31. The van der Waals surface area contributed by atoms with Crippen LogP contribution >= 0.6 is 11.6 Å². The molecule has 7 nitrogen and oxygen atoms in total. The number of carbonyl (C=O) groups is 1. The van der Waals surface area contributed by atoms with Gasteiger partial charge in [0.25, 0.3) is 5.91 Å². The number of imidazole rings is 1. The van der Waals surface area contributed by atoms with E-state index in [-0.39, 0.29) is 29.4 Å². The van der Waals surface area contributed by atoms with E-state index in [4.69, 9.17) is 11.6 Å². The van der Waals surface area contributed by atoms with Gasteiger partial charge >= 0.3 is 0 Å². The topological polar surface area (TPSA) is 75.5 Å². The Kier molecular flexibility index (Phi) is 9.28. The van der Waals surface area contributed by atoms with Gasteiger partial charge in [0.15, 0.2) is 0 Å². The Morgan fingerprint density at radius 1 is 1.05 bits per heavy atom. The van der Waals surface area contributed by atoms with Crippen molar-refractivity contribution in [2.24, 2.45) is 0 Å². The minimum Gasteiger partial charge on any atom is -0.331 e. The molecule has 1 saturated carbocycles. The first kappa shape index (κ1) is 28.3. The second kappa shape index (κ2) is 12.5. The lowest BCUT2D eigenvalue weighted by Crippen LogP contribution is -2.37. The third kappa shape index (κ3) is 7.04. The minimum atomic E-state index is -3.71. The van der Waals surface area contributed by atoms with Crippen LogP contribution in [0, 0.1) is 6.92 Å². The molecule has 2 aromatic carbocycles. The highest BCUT2D eigenvalue weighted by Gasteiger charge is 2.30. The molecule has 38 heavy (non-hydrogen) atoms. The highest BCUT2D eigenvalue weighted by Crippen LogP contribution is 2.33. The lowest BCUT2D eigenvalue weighted by molar-refractivity contribution is 0.0726. The minimum absolute atomic E-state index is 0.0421. The van der Waals surface area contributed by atoms with E-state index in [9.17, 15) is 13.2 Å². The van der Waals surface area contributed by atoms with Crippen LogP contribution in [0.1, 0.15) is 65.3 Å². The van der Waals surface area contributed by atoms with E-state index < -0.39 is 9.84 Å². The lowest BCUT2D eigenvalue weighted by atomic mass is 9.95. The molecule has 0 atom stereocenters. The number of aromatic nitrogens is 2. The molecule has 1 aromatic heterocycles. The van der Waals surface area contributed by atoms with Crippen molar-refractivity contribution < 1.29 is 13.2 Å². The molecule has 1 fully saturated rings. The SMILES string of the molecule is Cc1cccc(CS(=O)(=O)c2ncc(CN(CCN(C)C)C(=O)c3cccc(Cl)c3)n2C2CCCCC2)c1. The monoisotopic (exact) mass is 556 g/mol. The van der Waals surface area contributed by atoms with Crippen molar-refractivity contribution >= 4 is 27.3 Å². The number of likely N-dealkylation sites (N-methyl/N-ethyl adjacent to an activating group) is 1. The molecule has 1 heterocycles. The van der Waals surface area contributed by atoms with Crippen LogP contribution in [0.3, 0.4) is 0 Å². The molecular formula is C29H37ClN4O3S. The molecule has 1 aliphatic carbocycles. The molecule has 0 saturated heterocycles. The van der Waals surface area contributed by atoms with Gasteiger partial charge in [0, 0.05) is 29.7 Å². The molecule has 1 amide bonds. The van der Waals surface area contributed by atoms with Crippen molar-refractivity contribution in [3.05, 3.63) is 82.1 Å². The van der Waals surface area contributed by atoms with Crippen molar-refractivity contribution in [1.82, 2.24) is 19.4 Å². The summed E-state index contributed by atoms with van der Waals surface area (Å²) in [5.41, 5.74) is 3.01. The number of sulfone groups is 1. The van der Waals surface area contributed by atoms with E-state index in [1.54, 1.807) is 35.4 Å². The molecule has 9 heteroatoms. The molecule has 0 N–H and O–H groups in total. The van der Waals surface area contributed by atoms with Crippen molar-refractivity contribution in [2.75, 3.05) is 27.2 Å². The molecule has 0 aliphatic heterocycles. The zero-order valence-corrected chi connectivity index (χ0v) is 24.0. The molecule has 1 aliphatic rings. The fourth-order valence-electron chi connectivity index (χ4n) is 5.11. The third-order valence-electron chi connectivity index (χ3n) is 7.03. The fraction of sp³-hybridized carbons (Fsp3) is 0.448. The third-order valence-corrected chi connectivity index (χ3v) is 8.83. The summed E-state index contributed by atoms with van der Waals surface area (Å²) in [7, 11) is 0.219. The van der Waals surface area contributed by atoms with Crippen LogP contribution in [0.25, 0.3) is 0 Å². The van der Waals surface area contributed by atoms with Crippen molar-refractivity contribution in [2.45, 2.75) is 62.5 Å². The molecule has 0 unspecified atom stereocenters. The van der Waals surface area contributed by atoms with Gasteiger partial charge in [-0.2, -0.15) is 0 Å². The van der Waals surface area contributed by atoms with Gasteiger partial charge in [-0.15, -0.1) is 0 Å². The number of aryl methyl sites for hydroxylation is 1. The summed E-state index contributed by atoms with van der Waals surface area (Å²) in [4.78, 5) is 21.8. The highest BCUT2D eigenvalue weighted by molar-refractivity contribution is 7.90. The smallest absolute Gasteiger partial charge is 0.254 e. The van der Waals surface area contributed by atoms with E-state index >= 15 is 0 Å². The summed E-state index contributed by atoms with van der Waals surface area (Å²) in [5, 5.41) is 0.601. The Hall–Kier alpha value is -2.68. The number of carbonyl (C=O) groups excluding carboxylic acids is 1. The summed E-state index contributed by atoms with van der Waals surface area (Å²) in [6, 6.07) is 14.6.